The van der Waals surface area contributed by atoms with E-state index in [0.29, 0.717) is 44.2 Å². The van der Waals surface area contributed by atoms with Gasteiger partial charge in [-0.3, -0.25) is 19.5 Å². The summed E-state index contributed by atoms with van der Waals surface area (Å²) in [5.74, 6) is 1.78. The van der Waals surface area contributed by atoms with Crippen molar-refractivity contribution in [3.63, 3.8) is 0 Å². The first-order chi connectivity index (χ1) is 16.0. The maximum atomic E-state index is 12.9. The van der Waals surface area contributed by atoms with Gasteiger partial charge in [0, 0.05) is 64.6 Å². The monoisotopic (exact) mass is 453 g/mol. The van der Waals surface area contributed by atoms with Crippen LogP contribution in [0.3, 0.4) is 0 Å². The highest BCUT2D eigenvalue weighted by molar-refractivity contribution is 5.92. The standard InChI is InChI=1S/C24H31N5O4/c1-18(2)15-29(24(31)20-14-25-6-7-26-20)8-5-23(30)28-11-9-27(10-12-28)16-19-3-4-21-22(13-19)33-17-32-21/h3-4,6-7,13-14,18H,5,8-12,15-17H2,1-2H3. The van der Waals surface area contributed by atoms with Crippen LogP contribution in [0, 0.1) is 5.92 Å². The molecule has 9 heteroatoms. The van der Waals surface area contributed by atoms with Gasteiger partial charge >= 0.3 is 0 Å². The summed E-state index contributed by atoms with van der Waals surface area (Å²) in [4.78, 5) is 39.7. The fourth-order valence-electron chi connectivity index (χ4n) is 4.13. The van der Waals surface area contributed by atoms with Crippen molar-refractivity contribution < 1.29 is 19.1 Å². The first-order valence-corrected chi connectivity index (χ1v) is 11.4. The second kappa shape index (κ2) is 10.6. The largest absolute Gasteiger partial charge is 0.454 e. The molecule has 2 aliphatic heterocycles. The van der Waals surface area contributed by atoms with Crippen LogP contribution >= 0.6 is 0 Å². The molecule has 0 unspecified atom stereocenters. The smallest absolute Gasteiger partial charge is 0.274 e. The molecule has 3 heterocycles. The lowest BCUT2D eigenvalue weighted by atomic mass is 10.1. The van der Waals surface area contributed by atoms with Gasteiger partial charge in [-0.1, -0.05) is 19.9 Å². The van der Waals surface area contributed by atoms with E-state index in [0.717, 1.165) is 31.1 Å². The SMILES string of the molecule is CC(C)CN(CCC(=O)N1CCN(Cc2ccc3c(c2)OCO3)CC1)C(=O)c1cnccn1. The number of amides is 2. The van der Waals surface area contributed by atoms with Crippen molar-refractivity contribution in [1.29, 1.82) is 0 Å². The van der Waals surface area contributed by atoms with Gasteiger partial charge in [0.15, 0.2) is 11.5 Å². The van der Waals surface area contributed by atoms with Gasteiger partial charge in [0.1, 0.15) is 5.69 Å². The minimum atomic E-state index is -0.182. The van der Waals surface area contributed by atoms with Crippen molar-refractivity contribution in [3.05, 3.63) is 48.0 Å². The minimum absolute atomic E-state index is 0.0819. The second-order valence-corrected chi connectivity index (χ2v) is 8.83. The highest BCUT2D eigenvalue weighted by Crippen LogP contribution is 2.32. The summed E-state index contributed by atoms with van der Waals surface area (Å²) in [5.41, 5.74) is 1.48. The Hall–Kier alpha value is -3.20. The second-order valence-electron chi connectivity index (χ2n) is 8.83. The molecule has 0 saturated carbocycles. The Morgan fingerprint density at radius 3 is 2.61 bits per heavy atom. The lowest BCUT2D eigenvalue weighted by Crippen LogP contribution is -2.49. The van der Waals surface area contributed by atoms with Crippen LogP contribution in [0.2, 0.25) is 0 Å². The van der Waals surface area contributed by atoms with Crippen molar-refractivity contribution in [2.24, 2.45) is 5.92 Å². The molecule has 2 aromatic rings. The van der Waals surface area contributed by atoms with Crippen LogP contribution in [0.15, 0.2) is 36.8 Å². The van der Waals surface area contributed by atoms with Gasteiger partial charge in [0.25, 0.3) is 5.91 Å². The van der Waals surface area contributed by atoms with E-state index in [4.69, 9.17) is 9.47 Å². The molecule has 2 amide bonds. The highest BCUT2D eigenvalue weighted by atomic mass is 16.7. The molecule has 1 saturated heterocycles. The number of nitrogens with zero attached hydrogens (tertiary/aromatic N) is 5. The van der Waals surface area contributed by atoms with Crippen molar-refractivity contribution >= 4 is 11.8 Å². The zero-order valence-corrected chi connectivity index (χ0v) is 19.3. The summed E-state index contributed by atoms with van der Waals surface area (Å²) in [6.07, 6.45) is 4.83. The predicted octanol–water partition coefficient (Wildman–Crippen LogP) is 2.04. The average Bonchev–Trinajstić information content (AvgIpc) is 3.30. The van der Waals surface area contributed by atoms with Crippen molar-refractivity contribution in [3.8, 4) is 11.5 Å². The molecule has 0 aliphatic carbocycles. The molecule has 1 aromatic carbocycles. The number of carbonyl (C=O) groups is 2. The Morgan fingerprint density at radius 2 is 1.88 bits per heavy atom. The molecule has 176 valence electrons. The van der Waals surface area contributed by atoms with E-state index < -0.39 is 0 Å². The Balaban J connectivity index is 1.26. The molecule has 0 radical (unpaired) electrons. The van der Waals surface area contributed by atoms with Gasteiger partial charge in [-0.2, -0.15) is 0 Å². The number of fused-ring (bicyclic) bond motifs is 1. The van der Waals surface area contributed by atoms with Gasteiger partial charge in [0.2, 0.25) is 12.7 Å². The summed E-state index contributed by atoms with van der Waals surface area (Å²) in [6, 6.07) is 6.03. The minimum Gasteiger partial charge on any atom is -0.454 e. The van der Waals surface area contributed by atoms with Crippen molar-refractivity contribution in [2.45, 2.75) is 26.8 Å². The highest BCUT2D eigenvalue weighted by Gasteiger charge is 2.24. The van der Waals surface area contributed by atoms with Crippen LogP contribution in [0.25, 0.3) is 0 Å². The summed E-state index contributed by atoms with van der Waals surface area (Å²) in [7, 11) is 0. The molecule has 0 N–H and O–H groups in total. The van der Waals surface area contributed by atoms with E-state index in [1.807, 2.05) is 17.0 Å². The molecule has 0 atom stereocenters. The number of benzene rings is 1. The summed E-state index contributed by atoms with van der Waals surface area (Å²) in [5, 5.41) is 0. The average molecular weight is 454 g/mol. The Bertz CT molecular complexity index is 961. The molecular weight excluding hydrogens is 422 g/mol. The summed E-state index contributed by atoms with van der Waals surface area (Å²) in [6.45, 7) is 9.15. The third-order valence-corrected chi connectivity index (χ3v) is 5.82. The fourth-order valence-corrected chi connectivity index (χ4v) is 4.13. The third-order valence-electron chi connectivity index (χ3n) is 5.82. The van der Waals surface area contributed by atoms with Crippen LogP contribution in [-0.2, 0) is 11.3 Å². The molecular formula is C24H31N5O4. The van der Waals surface area contributed by atoms with Gasteiger partial charge < -0.3 is 19.3 Å². The zero-order chi connectivity index (χ0) is 23.2. The first kappa shape index (κ1) is 23.0. The van der Waals surface area contributed by atoms with Crippen LogP contribution in [0.4, 0.5) is 0 Å². The predicted molar refractivity (Wildman–Crippen MR) is 122 cm³/mol. The summed E-state index contributed by atoms with van der Waals surface area (Å²) >= 11 is 0. The van der Waals surface area contributed by atoms with Crippen LogP contribution in [0.1, 0.15) is 36.3 Å². The molecule has 2 aliphatic rings. The van der Waals surface area contributed by atoms with Gasteiger partial charge in [0.05, 0.1) is 6.20 Å². The zero-order valence-electron chi connectivity index (χ0n) is 19.3. The Labute approximate surface area is 194 Å². The van der Waals surface area contributed by atoms with E-state index in [1.54, 1.807) is 11.1 Å². The number of hydrogen-bond donors (Lipinski definition) is 0. The topological polar surface area (TPSA) is 88.1 Å². The molecule has 33 heavy (non-hydrogen) atoms. The van der Waals surface area contributed by atoms with E-state index >= 15 is 0 Å². The molecule has 9 nitrogen and oxygen atoms in total. The normalized spacial score (nSPS) is 15.7. The van der Waals surface area contributed by atoms with Gasteiger partial charge in [-0.25, -0.2) is 4.98 Å². The van der Waals surface area contributed by atoms with Gasteiger partial charge in [-0.05, 0) is 23.6 Å². The molecule has 0 bridgehead atoms. The van der Waals surface area contributed by atoms with E-state index in [2.05, 4.69) is 34.8 Å². The molecule has 1 fully saturated rings. The maximum Gasteiger partial charge on any atom is 0.274 e. The lowest BCUT2D eigenvalue weighted by molar-refractivity contribution is -0.133. The molecule has 0 spiro atoms. The number of hydrogen-bond acceptors (Lipinski definition) is 7. The van der Waals surface area contributed by atoms with Crippen molar-refractivity contribution in [2.75, 3.05) is 46.1 Å². The van der Waals surface area contributed by atoms with E-state index in [1.165, 1.54) is 18.0 Å². The number of rotatable bonds is 8. The van der Waals surface area contributed by atoms with Gasteiger partial charge in [-0.15, -0.1) is 0 Å². The third kappa shape index (κ3) is 5.98. The summed E-state index contributed by atoms with van der Waals surface area (Å²) < 4.78 is 10.8. The number of aromatic nitrogens is 2. The quantitative estimate of drug-likeness (QED) is 0.604. The number of carbonyl (C=O) groups excluding carboxylic acids is 2. The molecule has 1 aromatic heterocycles. The Kier molecular flexibility index (Phi) is 7.39. The van der Waals surface area contributed by atoms with Crippen LogP contribution in [0.5, 0.6) is 11.5 Å². The number of ether oxygens (including phenoxy) is 2. The first-order valence-electron chi connectivity index (χ1n) is 11.4. The lowest BCUT2D eigenvalue weighted by Gasteiger charge is -2.35. The molecule has 4 rings (SSSR count). The van der Waals surface area contributed by atoms with Crippen LogP contribution in [-0.4, -0.2) is 82.5 Å². The van der Waals surface area contributed by atoms with Crippen molar-refractivity contribution in [1.82, 2.24) is 24.7 Å². The maximum absolute atomic E-state index is 12.9. The van der Waals surface area contributed by atoms with E-state index in [-0.39, 0.29) is 18.6 Å². The van der Waals surface area contributed by atoms with Crippen LogP contribution < -0.4 is 9.47 Å². The Morgan fingerprint density at radius 1 is 1.09 bits per heavy atom. The number of piperazine rings is 1. The van der Waals surface area contributed by atoms with E-state index in [9.17, 15) is 9.59 Å². The fraction of sp³-hybridized carbons (Fsp3) is 0.500.